The number of carbonyl (C=O) groups is 4. The molecule has 4 N–H and O–H groups in total. The molecule has 0 bridgehead atoms. The van der Waals surface area contributed by atoms with Crippen LogP contribution in [0.2, 0.25) is 0 Å². The molecule has 160 valence electrons. The molecule has 1 unspecified atom stereocenters. The molecular formula is C21H29NO7. The summed E-state index contributed by atoms with van der Waals surface area (Å²) in [6.07, 6.45) is 2.14. The third kappa shape index (κ3) is 8.87. The summed E-state index contributed by atoms with van der Waals surface area (Å²) in [5.41, 5.74) is 0.305. The van der Waals surface area contributed by atoms with Crippen molar-refractivity contribution in [3.05, 3.63) is 35.9 Å². The molecule has 0 spiro atoms. The SMILES string of the molecule is C[C@@H](O)[C@H](NC(=O)c1ccccc1)C(=O)C(CCCCCCCC(=O)O)C(=O)O. The van der Waals surface area contributed by atoms with Crippen LogP contribution in [0, 0.1) is 5.92 Å². The summed E-state index contributed by atoms with van der Waals surface area (Å²) < 4.78 is 0. The van der Waals surface area contributed by atoms with E-state index in [2.05, 4.69) is 5.32 Å². The number of carboxylic acid groups (broad SMARTS) is 2. The minimum atomic E-state index is -1.33. The lowest BCUT2D eigenvalue weighted by Gasteiger charge is -2.23. The van der Waals surface area contributed by atoms with Crippen LogP contribution in [0.15, 0.2) is 30.3 Å². The van der Waals surface area contributed by atoms with E-state index < -0.39 is 41.7 Å². The largest absolute Gasteiger partial charge is 0.481 e. The molecule has 0 fully saturated rings. The van der Waals surface area contributed by atoms with Crippen molar-refractivity contribution in [2.24, 2.45) is 5.92 Å². The molecular weight excluding hydrogens is 378 g/mol. The lowest BCUT2D eigenvalue weighted by atomic mass is 9.90. The summed E-state index contributed by atoms with van der Waals surface area (Å²) in [6, 6.07) is 6.83. The summed E-state index contributed by atoms with van der Waals surface area (Å²) in [5.74, 6) is -4.76. The van der Waals surface area contributed by atoms with Gasteiger partial charge in [0.15, 0.2) is 5.78 Å². The fourth-order valence-electron chi connectivity index (χ4n) is 3.00. The maximum atomic E-state index is 12.7. The fourth-order valence-corrected chi connectivity index (χ4v) is 3.00. The maximum absolute atomic E-state index is 12.7. The molecule has 0 aliphatic rings. The number of Topliss-reactive ketones (excluding diaryl/α,β-unsaturated/α-hetero) is 1. The van der Waals surface area contributed by atoms with Gasteiger partial charge in [0.25, 0.3) is 5.91 Å². The molecule has 1 aromatic carbocycles. The number of benzene rings is 1. The van der Waals surface area contributed by atoms with E-state index in [1.54, 1.807) is 30.3 Å². The van der Waals surface area contributed by atoms with Gasteiger partial charge < -0.3 is 20.6 Å². The van der Waals surface area contributed by atoms with Gasteiger partial charge in [-0.2, -0.15) is 0 Å². The smallest absolute Gasteiger partial charge is 0.314 e. The molecule has 0 aliphatic carbocycles. The first kappa shape index (κ1) is 24.3. The van der Waals surface area contributed by atoms with Crippen LogP contribution in [0.1, 0.15) is 62.2 Å². The van der Waals surface area contributed by atoms with Crippen LogP contribution < -0.4 is 5.32 Å². The third-order valence-corrected chi connectivity index (χ3v) is 4.64. The highest BCUT2D eigenvalue weighted by Gasteiger charge is 2.35. The van der Waals surface area contributed by atoms with Gasteiger partial charge in [0.2, 0.25) is 0 Å². The van der Waals surface area contributed by atoms with Crippen molar-refractivity contribution in [2.45, 2.75) is 64.0 Å². The Hall–Kier alpha value is -2.74. The third-order valence-electron chi connectivity index (χ3n) is 4.64. The second-order valence-corrected chi connectivity index (χ2v) is 7.05. The van der Waals surface area contributed by atoms with Crippen molar-refractivity contribution >= 4 is 23.6 Å². The number of nitrogens with one attached hydrogen (secondary N) is 1. The monoisotopic (exact) mass is 407 g/mol. The number of aliphatic hydroxyl groups excluding tert-OH is 1. The molecule has 29 heavy (non-hydrogen) atoms. The number of ketones is 1. The number of hydrogen-bond acceptors (Lipinski definition) is 5. The van der Waals surface area contributed by atoms with Gasteiger partial charge in [0, 0.05) is 12.0 Å². The summed E-state index contributed by atoms with van der Waals surface area (Å²) >= 11 is 0. The highest BCUT2D eigenvalue weighted by molar-refractivity contribution is 6.04. The maximum Gasteiger partial charge on any atom is 0.314 e. The predicted molar refractivity (Wildman–Crippen MR) is 105 cm³/mol. The second kappa shape index (κ2) is 12.7. The van der Waals surface area contributed by atoms with E-state index in [1.165, 1.54) is 6.92 Å². The van der Waals surface area contributed by atoms with Gasteiger partial charge in [-0.3, -0.25) is 19.2 Å². The quantitative estimate of drug-likeness (QED) is 0.274. The van der Waals surface area contributed by atoms with Crippen molar-refractivity contribution in [3.63, 3.8) is 0 Å². The first-order valence-corrected chi connectivity index (χ1v) is 9.76. The van der Waals surface area contributed by atoms with Crippen molar-refractivity contribution < 1.29 is 34.5 Å². The van der Waals surface area contributed by atoms with E-state index >= 15 is 0 Å². The van der Waals surface area contributed by atoms with E-state index in [9.17, 15) is 29.4 Å². The van der Waals surface area contributed by atoms with E-state index in [4.69, 9.17) is 5.11 Å². The number of amides is 1. The minimum Gasteiger partial charge on any atom is -0.481 e. The number of aliphatic carboxylic acids is 2. The zero-order valence-electron chi connectivity index (χ0n) is 16.5. The average molecular weight is 407 g/mol. The van der Waals surface area contributed by atoms with E-state index in [0.29, 0.717) is 24.8 Å². The molecule has 0 radical (unpaired) electrons. The lowest BCUT2D eigenvalue weighted by Crippen LogP contribution is -2.51. The molecule has 1 aromatic rings. The summed E-state index contributed by atoms with van der Waals surface area (Å²) in [5, 5.41) is 30.4. The molecule has 8 nitrogen and oxygen atoms in total. The van der Waals surface area contributed by atoms with Gasteiger partial charge in [-0.15, -0.1) is 0 Å². The minimum absolute atomic E-state index is 0.0948. The van der Waals surface area contributed by atoms with Crippen molar-refractivity contribution in [1.29, 1.82) is 0 Å². The molecule has 0 aliphatic heterocycles. The Balaban J connectivity index is 2.62. The summed E-state index contributed by atoms with van der Waals surface area (Å²) in [6.45, 7) is 1.33. The number of rotatable bonds is 14. The topological polar surface area (TPSA) is 141 Å². The van der Waals surface area contributed by atoms with Crippen LogP contribution in [0.3, 0.4) is 0 Å². The van der Waals surface area contributed by atoms with Crippen LogP contribution in [0.25, 0.3) is 0 Å². The second-order valence-electron chi connectivity index (χ2n) is 7.05. The number of hydrogen-bond donors (Lipinski definition) is 4. The summed E-state index contributed by atoms with van der Waals surface area (Å²) in [7, 11) is 0. The van der Waals surface area contributed by atoms with Crippen LogP contribution in [-0.2, 0) is 14.4 Å². The normalized spacial score (nSPS) is 13.9. The fraction of sp³-hybridized carbons (Fsp3) is 0.524. The van der Waals surface area contributed by atoms with Crippen molar-refractivity contribution in [1.82, 2.24) is 5.32 Å². The zero-order valence-corrected chi connectivity index (χ0v) is 16.5. The molecule has 3 atom stereocenters. The zero-order chi connectivity index (χ0) is 21.8. The van der Waals surface area contributed by atoms with Crippen LogP contribution in [0.4, 0.5) is 0 Å². The summed E-state index contributed by atoms with van der Waals surface area (Å²) in [4.78, 5) is 47.1. The first-order chi connectivity index (χ1) is 13.7. The number of carbonyl (C=O) groups excluding carboxylic acids is 2. The lowest BCUT2D eigenvalue weighted by molar-refractivity contribution is -0.148. The van der Waals surface area contributed by atoms with E-state index in [1.807, 2.05) is 0 Å². The van der Waals surface area contributed by atoms with E-state index in [-0.39, 0.29) is 12.8 Å². The molecule has 1 amide bonds. The Labute approximate surface area is 169 Å². The molecule has 0 saturated heterocycles. The Morgan fingerprint density at radius 1 is 0.931 bits per heavy atom. The molecule has 1 rings (SSSR count). The Morgan fingerprint density at radius 3 is 2.07 bits per heavy atom. The first-order valence-electron chi connectivity index (χ1n) is 9.76. The van der Waals surface area contributed by atoms with Crippen LogP contribution >= 0.6 is 0 Å². The predicted octanol–water partition coefficient (Wildman–Crippen LogP) is 2.25. The van der Waals surface area contributed by atoms with Gasteiger partial charge in [-0.25, -0.2) is 0 Å². The number of unbranched alkanes of at least 4 members (excludes halogenated alkanes) is 4. The number of carboxylic acids is 2. The Kier molecular flexibility index (Phi) is 10.6. The van der Waals surface area contributed by atoms with Crippen molar-refractivity contribution in [3.8, 4) is 0 Å². The molecule has 0 aromatic heterocycles. The van der Waals surface area contributed by atoms with Gasteiger partial charge in [0.1, 0.15) is 12.0 Å². The van der Waals surface area contributed by atoms with Crippen LogP contribution in [0.5, 0.6) is 0 Å². The van der Waals surface area contributed by atoms with Gasteiger partial charge >= 0.3 is 11.9 Å². The van der Waals surface area contributed by atoms with Crippen molar-refractivity contribution in [2.75, 3.05) is 0 Å². The van der Waals surface area contributed by atoms with Gasteiger partial charge in [0.05, 0.1) is 6.10 Å². The average Bonchev–Trinajstić information content (AvgIpc) is 2.67. The van der Waals surface area contributed by atoms with Gasteiger partial charge in [-0.05, 0) is 31.9 Å². The van der Waals surface area contributed by atoms with Crippen LogP contribution in [-0.4, -0.2) is 51.1 Å². The highest BCUT2D eigenvalue weighted by atomic mass is 16.4. The number of aliphatic hydroxyl groups is 1. The van der Waals surface area contributed by atoms with Gasteiger partial charge in [-0.1, -0.05) is 43.9 Å². The molecule has 0 saturated carbocycles. The van der Waals surface area contributed by atoms with E-state index in [0.717, 1.165) is 12.8 Å². The molecule has 0 heterocycles. The Morgan fingerprint density at radius 2 is 1.52 bits per heavy atom. The standard InChI is InChI=1S/C21H29NO7/c1-14(23)18(22-20(27)15-10-6-5-7-11-15)19(26)16(21(28)29)12-8-3-2-4-9-13-17(24)25/h5-7,10-11,14,16,18,23H,2-4,8-9,12-13H2,1H3,(H,22,27)(H,24,25)(H,28,29)/t14-,16?,18+/m1/s1. The highest BCUT2D eigenvalue weighted by Crippen LogP contribution is 2.17. The Bertz CT molecular complexity index is 688. The molecule has 8 heteroatoms.